The van der Waals surface area contributed by atoms with Gasteiger partial charge in [0.2, 0.25) is 0 Å². The molecule has 0 fully saturated rings. The normalized spacial score (nSPS) is 19.7. The predicted molar refractivity (Wildman–Crippen MR) is 266 cm³/mol. The zero-order chi connectivity index (χ0) is 44.2. The largest absolute Gasteiger partial charge is 2.00 e. The van der Waals surface area contributed by atoms with E-state index in [9.17, 15) is 0 Å². The summed E-state index contributed by atoms with van der Waals surface area (Å²) in [6.45, 7) is 35.1. The Bertz CT molecular complexity index is 3250. The Hall–Kier alpha value is -4.44. The van der Waals surface area contributed by atoms with Gasteiger partial charge < -0.3 is 14.1 Å². The number of aryl methyl sites for hydroxylation is 3. The first kappa shape index (κ1) is 43.8. The van der Waals surface area contributed by atoms with Crippen molar-refractivity contribution in [3.05, 3.63) is 147 Å². The monoisotopic (exact) mass is 1030 g/mol. The molecule has 0 unspecified atom stereocenters. The molecule has 0 N–H and O–H groups in total. The Morgan fingerprint density at radius 2 is 1.40 bits per heavy atom. The fraction of sp³-hybridized carbons (Fsp3) is 0.368. The van der Waals surface area contributed by atoms with E-state index in [-0.39, 0.29) is 47.6 Å². The quantitative estimate of drug-likeness (QED) is 0.165. The minimum absolute atomic E-state index is 0. The van der Waals surface area contributed by atoms with Crippen LogP contribution in [0.5, 0.6) is 0 Å². The van der Waals surface area contributed by atoms with E-state index in [1.807, 2.05) is 24.0 Å². The molecule has 5 aromatic carbocycles. The molecule has 4 heterocycles. The zero-order valence-electron chi connectivity index (χ0n) is 39.7. The van der Waals surface area contributed by atoms with Crippen LogP contribution in [0, 0.1) is 32.9 Å². The number of rotatable bonds is 4. The molecule has 8 aromatic rings. The maximum absolute atomic E-state index is 5.90. The van der Waals surface area contributed by atoms with Crippen LogP contribution in [0.1, 0.15) is 139 Å². The third kappa shape index (κ3) is 6.18. The molecule has 4 nitrogen and oxygen atoms in total. The average Bonchev–Trinajstić information content (AvgIpc) is 3.84. The number of hydrogen-bond acceptors (Lipinski definition) is 3. The van der Waals surface area contributed by atoms with Crippen LogP contribution in [0.4, 0.5) is 0 Å². The maximum atomic E-state index is 5.90. The summed E-state index contributed by atoms with van der Waals surface area (Å²) < 4.78 is 4.42. The molecule has 2 aliphatic rings. The van der Waals surface area contributed by atoms with Gasteiger partial charge in [0.1, 0.15) is 5.65 Å². The summed E-state index contributed by atoms with van der Waals surface area (Å²) in [6.07, 6.45) is 1.90. The van der Waals surface area contributed by atoms with Gasteiger partial charge in [-0.15, -0.1) is 58.1 Å². The van der Waals surface area contributed by atoms with Gasteiger partial charge in [0.25, 0.3) is 0 Å². The number of benzene rings is 5. The first-order valence-electron chi connectivity index (χ1n) is 22.4. The molecule has 63 heavy (non-hydrogen) atoms. The molecule has 0 saturated carbocycles. The van der Waals surface area contributed by atoms with Gasteiger partial charge in [-0.3, -0.25) is 0 Å². The van der Waals surface area contributed by atoms with Crippen LogP contribution in [0.3, 0.4) is 0 Å². The smallest absolute Gasteiger partial charge is 0.352 e. The van der Waals surface area contributed by atoms with Crippen molar-refractivity contribution in [3.8, 4) is 11.4 Å². The Balaban J connectivity index is 0.00000504. The fourth-order valence-electron chi connectivity index (χ4n) is 10.9. The van der Waals surface area contributed by atoms with Crippen molar-refractivity contribution >= 4 is 60.5 Å². The second kappa shape index (κ2) is 14.3. The molecule has 0 radical (unpaired) electrons. The standard InChI is InChI=1S/C57H60N4S.Pt/c1-32(2)36-19-23-46-43(27-36)40-17-16-24-58-51(40)60(46)38-20-21-39-42-25-33(3)18-22-47(42)61(49(39)30-38)48-31-41(34(4)26-35(48)5)52-59-57(15)55(12,13)50-44(54(9,10)11)28-37(53(6,7)8)29-45(50)56(57,14)62-52;/h16-29,32H,1-15H3;/q-2;+2/t56-,57+;/m0./s1. The minimum Gasteiger partial charge on any atom is -0.352 e. The van der Waals surface area contributed by atoms with E-state index >= 15 is 0 Å². The van der Waals surface area contributed by atoms with Crippen LogP contribution in [0.15, 0.2) is 90.1 Å². The molecule has 2 atom stereocenters. The van der Waals surface area contributed by atoms with E-state index in [2.05, 4.69) is 198 Å². The van der Waals surface area contributed by atoms with E-state index < -0.39 is 0 Å². The van der Waals surface area contributed by atoms with E-state index in [1.54, 1.807) is 0 Å². The van der Waals surface area contributed by atoms with Crippen LogP contribution in [0.2, 0.25) is 0 Å². The fourth-order valence-corrected chi connectivity index (χ4v) is 12.6. The number of aliphatic imine (C=N–C) groups is 1. The number of pyridine rings is 1. The summed E-state index contributed by atoms with van der Waals surface area (Å²) in [5.41, 5.74) is 17.4. The van der Waals surface area contributed by atoms with Gasteiger partial charge in [0.05, 0.1) is 15.8 Å². The van der Waals surface area contributed by atoms with Gasteiger partial charge in [-0.05, 0) is 107 Å². The predicted octanol–water partition coefficient (Wildman–Crippen LogP) is 15.0. The van der Waals surface area contributed by atoms with Crippen LogP contribution in [0.25, 0.3) is 55.1 Å². The average molecular weight is 1030 g/mol. The number of aromatic nitrogens is 3. The van der Waals surface area contributed by atoms with E-state index in [0.717, 1.165) is 49.6 Å². The van der Waals surface area contributed by atoms with Gasteiger partial charge in [0, 0.05) is 32.9 Å². The molecule has 1 aliphatic carbocycles. The molecule has 0 bridgehead atoms. The first-order chi connectivity index (χ1) is 29.0. The first-order valence-corrected chi connectivity index (χ1v) is 23.3. The van der Waals surface area contributed by atoms with Crippen molar-refractivity contribution in [1.29, 1.82) is 0 Å². The van der Waals surface area contributed by atoms with Crippen molar-refractivity contribution in [1.82, 2.24) is 14.1 Å². The summed E-state index contributed by atoms with van der Waals surface area (Å²) in [4.78, 5) is 10.9. The van der Waals surface area contributed by atoms with Crippen LogP contribution in [-0.2, 0) is 42.1 Å². The van der Waals surface area contributed by atoms with Gasteiger partial charge in [-0.2, -0.15) is 6.07 Å². The molecular formula is C57H60N4PtS. The molecule has 0 amide bonds. The number of nitrogens with zero attached hydrogens (tertiary/aromatic N) is 4. The topological polar surface area (TPSA) is 35.1 Å². The molecule has 0 spiro atoms. The molecule has 3 aromatic heterocycles. The number of hydrogen-bond donors (Lipinski definition) is 0. The van der Waals surface area contributed by atoms with Crippen LogP contribution in [-0.4, -0.2) is 24.7 Å². The second-order valence-corrected chi connectivity index (χ2v) is 23.1. The van der Waals surface area contributed by atoms with E-state index in [0.29, 0.717) is 5.92 Å². The maximum Gasteiger partial charge on any atom is 2.00 e. The van der Waals surface area contributed by atoms with Crippen LogP contribution >= 0.6 is 11.8 Å². The Kier molecular flexibility index (Phi) is 9.92. The Morgan fingerprint density at radius 3 is 2.10 bits per heavy atom. The van der Waals surface area contributed by atoms with Crippen molar-refractivity contribution < 1.29 is 21.1 Å². The van der Waals surface area contributed by atoms with Crippen molar-refractivity contribution in [2.75, 3.05) is 0 Å². The summed E-state index contributed by atoms with van der Waals surface area (Å²) in [6, 6.07) is 37.9. The zero-order valence-corrected chi connectivity index (χ0v) is 42.8. The SMILES string of the molecule is Cc1ccc2c(c1)c1ccc(-n3c4ccc(C(C)C)cc4c4cccnc43)[c-]c1n2-c1[c-]c(C2=N[C@]3(C)C(C)(C)c4c(C(C)(C)C)cc(C(C)(C)C)cc4[C@]3(C)S2)c(C)cc1C.[Pt+2]. The third-order valence-corrected chi connectivity index (χ3v) is 16.4. The molecule has 6 heteroatoms. The molecular weight excluding hydrogens is 968 g/mol. The molecule has 10 rings (SSSR count). The third-order valence-electron chi connectivity index (χ3n) is 14.9. The summed E-state index contributed by atoms with van der Waals surface area (Å²) in [5, 5.41) is 5.82. The molecule has 0 saturated heterocycles. The number of fused-ring (bicyclic) bond motifs is 9. The number of thioether (sulfide) groups is 1. The van der Waals surface area contributed by atoms with Gasteiger partial charge in [0.15, 0.2) is 0 Å². The van der Waals surface area contributed by atoms with Gasteiger partial charge in [-0.1, -0.05) is 130 Å². The minimum atomic E-state index is -0.385. The van der Waals surface area contributed by atoms with Crippen LogP contribution < -0.4 is 0 Å². The summed E-state index contributed by atoms with van der Waals surface area (Å²) >= 11 is 1.95. The Morgan fingerprint density at radius 1 is 0.698 bits per heavy atom. The summed E-state index contributed by atoms with van der Waals surface area (Å²) in [5.74, 6) is 0.430. The van der Waals surface area contributed by atoms with E-state index in [4.69, 9.17) is 9.98 Å². The van der Waals surface area contributed by atoms with E-state index in [1.165, 1.54) is 60.7 Å². The van der Waals surface area contributed by atoms with Crippen molar-refractivity contribution in [2.24, 2.45) is 4.99 Å². The summed E-state index contributed by atoms with van der Waals surface area (Å²) in [7, 11) is 0. The Labute approximate surface area is 393 Å². The van der Waals surface area contributed by atoms with Gasteiger partial charge >= 0.3 is 21.1 Å². The second-order valence-electron chi connectivity index (χ2n) is 21.7. The van der Waals surface area contributed by atoms with Crippen molar-refractivity contribution in [3.63, 3.8) is 0 Å². The van der Waals surface area contributed by atoms with Gasteiger partial charge in [-0.25, -0.2) is 4.98 Å². The molecule has 1 aliphatic heterocycles. The van der Waals surface area contributed by atoms with Crippen molar-refractivity contribution in [2.45, 2.75) is 136 Å². The molecule has 324 valence electrons.